The Bertz CT molecular complexity index is 905. The Morgan fingerprint density at radius 1 is 1.33 bits per heavy atom. The summed E-state index contributed by atoms with van der Waals surface area (Å²) in [5.41, 5.74) is 0.589. The van der Waals surface area contributed by atoms with Gasteiger partial charge in [0.25, 0.3) is 0 Å². The van der Waals surface area contributed by atoms with Gasteiger partial charge in [0.15, 0.2) is 5.79 Å². The molecule has 2 aliphatic heterocycles. The van der Waals surface area contributed by atoms with E-state index in [4.69, 9.17) is 16.3 Å². The lowest BCUT2D eigenvalue weighted by molar-refractivity contribution is -0.270. The first kappa shape index (κ1) is 21.1. The summed E-state index contributed by atoms with van der Waals surface area (Å²) in [6, 6.07) is 4.49. The molecule has 162 valence electrons. The number of nitrogens with zero attached hydrogens (tertiary/aromatic N) is 1. The molecule has 2 heterocycles. The normalized spacial score (nSPS) is 35.3. The summed E-state index contributed by atoms with van der Waals surface area (Å²) < 4.78 is 10.7. The molecule has 0 unspecified atom stereocenters. The van der Waals surface area contributed by atoms with Crippen LogP contribution in [0.2, 0.25) is 5.02 Å². The van der Waals surface area contributed by atoms with Gasteiger partial charge in [-0.3, -0.25) is 9.59 Å². The SMILES string of the molecule is CCC[C@H]1C[C@@H]2C(=O)N(C(=O)OC)C(=O)[C@@H]2[C@@H]2C[C@@H](c3ccc(O)cc3Cl)O[C@]12O. The van der Waals surface area contributed by atoms with Gasteiger partial charge in [-0.2, -0.15) is 4.90 Å². The number of rotatable bonds is 3. The van der Waals surface area contributed by atoms with E-state index >= 15 is 0 Å². The van der Waals surface area contributed by atoms with Crippen LogP contribution in [-0.4, -0.2) is 45.9 Å². The zero-order valence-corrected chi connectivity index (χ0v) is 17.5. The van der Waals surface area contributed by atoms with Gasteiger partial charge in [-0.1, -0.05) is 31.0 Å². The van der Waals surface area contributed by atoms with Crippen molar-refractivity contribution in [2.45, 2.75) is 44.5 Å². The molecular formula is C21H24ClNO7. The van der Waals surface area contributed by atoms with Crippen LogP contribution in [0.25, 0.3) is 0 Å². The van der Waals surface area contributed by atoms with Crippen molar-refractivity contribution in [2.24, 2.45) is 23.7 Å². The third kappa shape index (κ3) is 3.01. The molecule has 0 radical (unpaired) electrons. The van der Waals surface area contributed by atoms with E-state index < -0.39 is 47.6 Å². The summed E-state index contributed by atoms with van der Waals surface area (Å²) in [7, 11) is 1.11. The van der Waals surface area contributed by atoms with Crippen molar-refractivity contribution in [3.63, 3.8) is 0 Å². The Labute approximate surface area is 178 Å². The number of phenols is 1. The maximum absolute atomic E-state index is 13.0. The Kier molecular flexibility index (Phi) is 5.28. The van der Waals surface area contributed by atoms with Gasteiger partial charge in [0.2, 0.25) is 11.8 Å². The molecular weight excluding hydrogens is 414 g/mol. The number of aromatic hydroxyl groups is 1. The van der Waals surface area contributed by atoms with Crippen LogP contribution in [0.5, 0.6) is 5.75 Å². The van der Waals surface area contributed by atoms with Crippen LogP contribution >= 0.6 is 11.6 Å². The summed E-state index contributed by atoms with van der Waals surface area (Å²) in [6.07, 6.45) is 0.254. The highest BCUT2D eigenvalue weighted by Crippen LogP contribution is 2.59. The molecule has 4 rings (SSSR count). The minimum absolute atomic E-state index is 0.00656. The number of carbonyl (C=O) groups is 3. The van der Waals surface area contributed by atoms with Crippen LogP contribution < -0.4 is 0 Å². The number of imide groups is 3. The van der Waals surface area contributed by atoms with Gasteiger partial charge < -0.3 is 19.7 Å². The van der Waals surface area contributed by atoms with E-state index in [1.165, 1.54) is 12.1 Å². The lowest BCUT2D eigenvalue weighted by Gasteiger charge is -2.44. The van der Waals surface area contributed by atoms with Gasteiger partial charge in [0.05, 0.1) is 30.1 Å². The zero-order chi connectivity index (χ0) is 21.8. The number of aliphatic hydroxyl groups is 1. The third-order valence-electron chi connectivity index (χ3n) is 6.69. The molecule has 6 atom stereocenters. The van der Waals surface area contributed by atoms with Crippen LogP contribution in [0.4, 0.5) is 4.79 Å². The summed E-state index contributed by atoms with van der Waals surface area (Å²) in [5, 5.41) is 21.5. The maximum atomic E-state index is 13.0. The number of likely N-dealkylation sites (tertiary alicyclic amines) is 1. The third-order valence-corrected chi connectivity index (χ3v) is 7.02. The second-order valence-corrected chi connectivity index (χ2v) is 8.65. The van der Waals surface area contributed by atoms with E-state index in [0.717, 1.165) is 13.5 Å². The molecule has 9 heteroatoms. The van der Waals surface area contributed by atoms with Crippen LogP contribution in [0, 0.1) is 23.7 Å². The van der Waals surface area contributed by atoms with Gasteiger partial charge >= 0.3 is 6.09 Å². The molecule has 2 N–H and O–H groups in total. The highest BCUT2D eigenvalue weighted by molar-refractivity contribution is 6.31. The number of carbonyl (C=O) groups excluding carboxylic acids is 3. The highest BCUT2D eigenvalue weighted by atomic mass is 35.5. The number of hydrogen-bond acceptors (Lipinski definition) is 7. The van der Waals surface area contributed by atoms with Gasteiger partial charge in [-0.15, -0.1) is 0 Å². The van der Waals surface area contributed by atoms with Crippen LogP contribution in [0.3, 0.4) is 0 Å². The summed E-state index contributed by atoms with van der Waals surface area (Å²) >= 11 is 6.28. The maximum Gasteiger partial charge on any atom is 0.423 e. The monoisotopic (exact) mass is 437 g/mol. The highest BCUT2D eigenvalue weighted by Gasteiger charge is 2.67. The first-order chi connectivity index (χ1) is 14.2. The van der Waals surface area contributed by atoms with E-state index in [1.807, 2.05) is 6.92 Å². The fraction of sp³-hybridized carbons (Fsp3) is 0.571. The molecule has 1 aromatic carbocycles. The minimum Gasteiger partial charge on any atom is -0.508 e. The topological polar surface area (TPSA) is 113 Å². The molecule has 2 saturated heterocycles. The van der Waals surface area contributed by atoms with Gasteiger partial charge in [-0.05, 0) is 37.0 Å². The molecule has 8 nitrogen and oxygen atoms in total. The van der Waals surface area contributed by atoms with Gasteiger partial charge in [0, 0.05) is 11.8 Å². The molecule has 0 spiro atoms. The average Bonchev–Trinajstić information content (AvgIpc) is 3.16. The van der Waals surface area contributed by atoms with E-state index in [2.05, 4.69) is 4.74 Å². The number of phenolic OH excluding ortho intramolecular Hbond substituents is 1. The van der Waals surface area contributed by atoms with E-state index in [1.54, 1.807) is 6.07 Å². The van der Waals surface area contributed by atoms with Crippen molar-refractivity contribution < 1.29 is 34.1 Å². The van der Waals surface area contributed by atoms with E-state index in [-0.39, 0.29) is 29.5 Å². The molecule has 1 aromatic rings. The smallest absolute Gasteiger partial charge is 0.423 e. The first-order valence-corrected chi connectivity index (χ1v) is 10.4. The fourth-order valence-electron chi connectivity index (χ4n) is 5.40. The van der Waals surface area contributed by atoms with Crippen molar-refractivity contribution in [3.05, 3.63) is 28.8 Å². The molecule has 30 heavy (non-hydrogen) atoms. The second kappa shape index (κ2) is 7.51. The first-order valence-electron chi connectivity index (χ1n) is 10.1. The average molecular weight is 438 g/mol. The van der Waals surface area contributed by atoms with Crippen molar-refractivity contribution in [1.29, 1.82) is 0 Å². The van der Waals surface area contributed by atoms with E-state index in [9.17, 15) is 24.6 Å². The number of ether oxygens (including phenoxy) is 2. The van der Waals surface area contributed by atoms with Crippen LogP contribution in [0.15, 0.2) is 18.2 Å². The Morgan fingerprint density at radius 3 is 2.70 bits per heavy atom. The summed E-state index contributed by atoms with van der Waals surface area (Å²) in [5.74, 6) is -5.45. The molecule has 3 amide bonds. The molecule has 3 aliphatic rings. The second-order valence-electron chi connectivity index (χ2n) is 8.24. The van der Waals surface area contributed by atoms with Crippen molar-refractivity contribution >= 4 is 29.5 Å². The summed E-state index contributed by atoms with van der Waals surface area (Å²) in [4.78, 5) is 38.5. The van der Waals surface area contributed by atoms with E-state index in [0.29, 0.717) is 16.9 Å². The molecule has 3 fully saturated rings. The standard InChI is InChI=1S/C21H24ClNO7/c1-3-4-10-7-13-17(19(26)23(18(13)25)20(27)29-2)14-9-16(30-21(10,14)28)12-6-5-11(24)8-15(12)22/h5-6,8,10,13-14,16-17,24,28H,3-4,7,9H2,1-2H3/t10-,13-,14-,16-,17-,21+/m0/s1. The lowest BCUT2D eigenvalue weighted by Crippen LogP contribution is -2.53. The Balaban J connectivity index is 1.73. The van der Waals surface area contributed by atoms with Crippen molar-refractivity contribution in [3.8, 4) is 5.75 Å². The largest absolute Gasteiger partial charge is 0.508 e. The summed E-state index contributed by atoms with van der Waals surface area (Å²) in [6.45, 7) is 1.97. The number of benzene rings is 1. The van der Waals surface area contributed by atoms with Crippen LogP contribution in [-0.2, 0) is 19.1 Å². The Morgan fingerprint density at radius 2 is 2.07 bits per heavy atom. The predicted molar refractivity (Wildman–Crippen MR) is 104 cm³/mol. The molecule has 1 saturated carbocycles. The molecule has 0 bridgehead atoms. The van der Waals surface area contributed by atoms with Crippen molar-refractivity contribution in [2.75, 3.05) is 7.11 Å². The molecule has 0 aromatic heterocycles. The number of hydrogen-bond donors (Lipinski definition) is 2. The lowest BCUT2D eigenvalue weighted by atomic mass is 9.63. The number of halogens is 1. The minimum atomic E-state index is -1.62. The predicted octanol–water partition coefficient (Wildman–Crippen LogP) is 3.00. The number of fused-ring (bicyclic) bond motifs is 3. The Hall–Kier alpha value is -2.16. The van der Waals surface area contributed by atoms with Gasteiger partial charge in [-0.25, -0.2) is 4.79 Å². The zero-order valence-electron chi connectivity index (χ0n) is 16.7. The van der Waals surface area contributed by atoms with Crippen LogP contribution in [0.1, 0.15) is 44.3 Å². The van der Waals surface area contributed by atoms with Crippen molar-refractivity contribution in [1.82, 2.24) is 4.90 Å². The number of methoxy groups -OCH3 is 1. The quantitative estimate of drug-likeness (QED) is 0.698. The van der Waals surface area contributed by atoms with Gasteiger partial charge in [0.1, 0.15) is 5.75 Å². The number of amides is 3. The molecule has 1 aliphatic carbocycles. The fourth-order valence-corrected chi connectivity index (χ4v) is 5.70.